The largest absolute Gasteiger partial charge is 0.505 e. The van der Waals surface area contributed by atoms with Gasteiger partial charge in [-0.3, -0.25) is 13.7 Å². The van der Waals surface area contributed by atoms with Crippen LogP contribution < -0.4 is 10.6 Å². The van der Waals surface area contributed by atoms with Crippen LogP contribution in [0.1, 0.15) is 11.1 Å². The third kappa shape index (κ3) is 7.65. The summed E-state index contributed by atoms with van der Waals surface area (Å²) in [5, 5.41) is 23.3. The van der Waals surface area contributed by atoms with Crippen LogP contribution in [-0.4, -0.2) is 59.0 Å². The average Bonchev–Trinajstić information content (AvgIpc) is 2.96. The molecule has 4 aromatic carbocycles. The molecular formula is C27H22ClN7O10S3. The van der Waals surface area contributed by atoms with Crippen molar-refractivity contribution in [3.63, 3.8) is 0 Å². The van der Waals surface area contributed by atoms with Crippen LogP contribution in [0.2, 0.25) is 5.28 Å². The average molecular weight is 736 g/mol. The van der Waals surface area contributed by atoms with Crippen molar-refractivity contribution in [2.75, 3.05) is 10.6 Å². The SMILES string of the molecule is Cc1ccc(Nc2nc(Cl)nc(Nc3cc(S(=O)(=O)O)cc4cc(S(=O)(=O)O)c(N=Nc5ccc(C)cc5S(=O)(=O)O)c(O)c34)n2)cc1. The number of hydrogen-bond donors (Lipinski definition) is 6. The highest BCUT2D eigenvalue weighted by atomic mass is 35.5. The molecule has 250 valence electrons. The Morgan fingerprint density at radius 3 is 1.90 bits per heavy atom. The van der Waals surface area contributed by atoms with Gasteiger partial charge in [-0.25, -0.2) is 0 Å². The second-order valence-corrected chi connectivity index (χ2v) is 14.6. The maximum absolute atomic E-state index is 12.4. The number of azo groups is 1. The van der Waals surface area contributed by atoms with Gasteiger partial charge in [-0.1, -0.05) is 23.8 Å². The molecule has 5 aromatic rings. The van der Waals surface area contributed by atoms with E-state index < -0.39 is 62.2 Å². The second kappa shape index (κ2) is 12.6. The maximum atomic E-state index is 12.4. The molecule has 0 saturated carbocycles. The van der Waals surface area contributed by atoms with Crippen LogP contribution in [0.4, 0.5) is 34.6 Å². The van der Waals surface area contributed by atoms with E-state index in [2.05, 4.69) is 35.8 Å². The molecule has 0 radical (unpaired) electrons. The second-order valence-electron chi connectivity index (χ2n) is 10.1. The summed E-state index contributed by atoms with van der Waals surface area (Å²) in [6.07, 6.45) is 0. The minimum Gasteiger partial charge on any atom is -0.505 e. The fraction of sp³-hybridized carbons (Fsp3) is 0.0741. The van der Waals surface area contributed by atoms with E-state index in [1.165, 1.54) is 13.0 Å². The van der Waals surface area contributed by atoms with Crippen molar-refractivity contribution in [3.05, 3.63) is 77.1 Å². The smallest absolute Gasteiger partial charge is 0.296 e. The Morgan fingerprint density at radius 2 is 1.29 bits per heavy atom. The van der Waals surface area contributed by atoms with Crippen LogP contribution in [0.5, 0.6) is 5.75 Å². The van der Waals surface area contributed by atoms with Gasteiger partial charge in [0, 0.05) is 11.1 Å². The van der Waals surface area contributed by atoms with Crippen molar-refractivity contribution in [3.8, 4) is 5.75 Å². The van der Waals surface area contributed by atoms with Gasteiger partial charge in [0.05, 0.1) is 10.6 Å². The van der Waals surface area contributed by atoms with Gasteiger partial charge in [0.1, 0.15) is 21.2 Å². The number of rotatable bonds is 9. The number of benzene rings is 4. The summed E-state index contributed by atoms with van der Waals surface area (Å²) in [5.41, 5.74) is 0.255. The highest BCUT2D eigenvalue weighted by Crippen LogP contribution is 2.46. The molecule has 0 aliphatic heterocycles. The lowest BCUT2D eigenvalue weighted by Crippen LogP contribution is -2.06. The molecule has 17 nitrogen and oxygen atoms in total. The van der Waals surface area contributed by atoms with E-state index in [-0.39, 0.29) is 33.6 Å². The molecule has 1 heterocycles. The lowest BCUT2D eigenvalue weighted by atomic mass is 10.1. The molecule has 6 N–H and O–H groups in total. The fourth-order valence-corrected chi connectivity index (χ4v) is 6.43. The minimum absolute atomic E-state index is 0.0586. The molecule has 0 spiro atoms. The van der Waals surface area contributed by atoms with E-state index >= 15 is 0 Å². The number of hydrogen-bond acceptors (Lipinski definition) is 14. The molecule has 1 aromatic heterocycles. The van der Waals surface area contributed by atoms with E-state index in [0.29, 0.717) is 11.3 Å². The molecule has 0 bridgehead atoms. The molecule has 5 rings (SSSR count). The quantitative estimate of drug-likeness (QED) is 0.0789. The molecule has 0 fully saturated rings. The molecule has 21 heteroatoms. The van der Waals surface area contributed by atoms with Gasteiger partial charge in [-0.05, 0) is 78.9 Å². The van der Waals surface area contributed by atoms with E-state index in [1.54, 1.807) is 12.1 Å². The van der Waals surface area contributed by atoms with Crippen LogP contribution in [0, 0.1) is 13.8 Å². The minimum atomic E-state index is -5.23. The summed E-state index contributed by atoms with van der Waals surface area (Å²) >= 11 is 6.10. The Balaban J connectivity index is 1.72. The molecule has 0 atom stereocenters. The van der Waals surface area contributed by atoms with Crippen LogP contribution in [-0.2, 0) is 30.4 Å². The zero-order valence-electron chi connectivity index (χ0n) is 24.4. The molecule has 0 aliphatic carbocycles. The number of aryl methyl sites for hydroxylation is 2. The number of phenols is 1. The lowest BCUT2D eigenvalue weighted by molar-refractivity contribution is 0.472. The predicted molar refractivity (Wildman–Crippen MR) is 173 cm³/mol. The third-order valence-electron chi connectivity index (χ3n) is 6.51. The number of halogens is 1. The maximum Gasteiger partial charge on any atom is 0.296 e. The van der Waals surface area contributed by atoms with Gasteiger partial charge in [-0.15, -0.1) is 10.2 Å². The molecular weight excluding hydrogens is 714 g/mol. The van der Waals surface area contributed by atoms with E-state index in [9.17, 15) is 44.0 Å². The topological polar surface area (TPSA) is 271 Å². The van der Waals surface area contributed by atoms with Gasteiger partial charge < -0.3 is 15.7 Å². The summed E-state index contributed by atoms with van der Waals surface area (Å²) in [7, 11) is -15.0. The Kier molecular flexibility index (Phi) is 9.09. The Bertz CT molecular complexity index is 2480. The first-order valence-electron chi connectivity index (χ1n) is 13.1. The number of aromatic hydroxyl groups is 1. The zero-order valence-corrected chi connectivity index (χ0v) is 27.6. The Labute approximate surface area is 277 Å². The van der Waals surface area contributed by atoms with Crippen molar-refractivity contribution < 1.29 is 44.0 Å². The first-order valence-corrected chi connectivity index (χ1v) is 17.8. The number of nitrogens with one attached hydrogen (secondary N) is 2. The Morgan fingerprint density at radius 1 is 0.688 bits per heavy atom. The molecule has 48 heavy (non-hydrogen) atoms. The molecule has 0 aliphatic rings. The van der Waals surface area contributed by atoms with Crippen molar-refractivity contribution in [1.29, 1.82) is 0 Å². The van der Waals surface area contributed by atoms with Crippen LogP contribution in [0.25, 0.3) is 10.8 Å². The summed E-state index contributed by atoms with van der Waals surface area (Å²) in [5.74, 6) is -1.37. The van der Waals surface area contributed by atoms with E-state index in [0.717, 1.165) is 35.9 Å². The van der Waals surface area contributed by atoms with Crippen LogP contribution in [0.3, 0.4) is 0 Å². The van der Waals surface area contributed by atoms with Crippen molar-refractivity contribution in [2.45, 2.75) is 28.5 Å². The van der Waals surface area contributed by atoms with Gasteiger partial charge in [0.25, 0.3) is 30.4 Å². The summed E-state index contributed by atoms with van der Waals surface area (Å²) < 4.78 is 103. The highest BCUT2D eigenvalue weighted by molar-refractivity contribution is 7.86. The van der Waals surface area contributed by atoms with Crippen LogP contribution in [0.15, 0.2) is 85.6 Å². The normalized spacial score (nSPS) is 12.5. The molecule has 0 unspecified atom stereocenters. The number of fused-ring (bicyclic) bond motifs is 1. The predicted octanol–water partition coefficient (Wildman–Crippen LogP) is 5.64. The fourth-order valence-electron chi connectivity index (χ4n) is 4.36. The standard InChI is InChI=1S/C27H22ClN7O10S3/c1-13-3-6-16(7-4-13)29-26-31-25(28)32-27(33-26)30-19-12-17(46(37,38)39)10-15-11-21(48(43,44)45)23(24(36)22(15)19)35-34-18-8-5-14(2)9-20(18)47(40,41)42/h3-12,36H,1-2H3,(H,37,38,39)(H,40,41,42)(H,43,44,45)(H2,29,30,31,32,33). The summed E-state index contributed by atoms with van der Waals surface area (Å²) in [4.78, 5) is 9.58. The number of nitrogens with zero attached hydrogens (tertiary/aromatic N) is 5. The first-order chi connectivity index (χ1) is 22.3. The first kappa shape index (κ1) is 34.5. The summed E-state index contributed by atoms with van der Waals surface area (Å²) in [6, 6.07) is 13.1. The van der Waals surface area contributed by atoms with Crippen molar-refractivity contribution >= 4 is 87.4 Å². The number of aromatic nitrogens is 3. The lowest BCUT2D eigenvalue weighted by Gasteiger charge is -2.15. The van der Waals surface area contributed by atoms with Gasteiger partial charge in [0.15, 0.2) is 5.75 Å². The zero-order chi connectivity index (χ0) is 35.2. The van der Waals surface area contributed by atoms with E-state index in [4.69, 9.17) is 11.6 Å². The monoisotopic (exact) mass is 735 g/mol. The van der Waals surface area contributed by atoms with Crippen molar-refractivity contribution in [2.24, 2.45) is 10.2 Å². The number of phenolic OH excluding ortho intramolecular Hbond substituents is 1. The van der Waals surface area contributed by atoms with E-state index in [1.807, 2.05) is 19.1 Å². The van der Waals surface area contributed by atoms with Gasteiger partial charge in [0.2, 0.25) is 17.2 Å². The number of anilines is 4. The highest BCUT2D eigenvalue weighted by Gasteiger charge is 2.26. The third-order valence-corrected chi connectivity index (χ3v) is 9.26. The van der Waals surface area contributed by atoms with Crippen molar-refractivity contribution in [1.82, 2.24) is 15.0 Å². The van der Waals surface area contributed by atoms with Crippen LogP contribution >= 0.6 is 11.6 Å². The Hall–Kier alpha value is -4.83. The summed E-state index contributed by atoms with van der Waals surface area (Å²) in [6.45, 7) is 3.41. The molecule has 0 saturated heterocycles. The van der Waals surface area contributed by atoms with Gasteiger partial charge in [-0.2, -0.15) is 40.2 Å². The van der Waals surface area contributed by atoms with Gasteiger partial charge >= 0.3 is 0 Å². The molecule has 0 amide bonds.